The Morgan fingerprint density at radius 2 is 2.14 bits per heavy atom. The number of benzene rings is 1. The lowest BCUT2D eigenvalue weighted by Crippen LogP contribution is -2.21. The summed E-state index contributed by atoms with van der Waals surface area (Å²) in [6, 6.07) is 10.1. The molecule has 0 aliphatic rings. The van der Waals surface area contributed by atoms with Gasteiger partial charge in [-0.15, -0.1) is 11.3 Å². The lowest BCUT2D eigenvalue weighted by atomic mass is 10.2. The zero-order valence-electron chi connectivity index (χ0n) is 12.2. The zero-order chi connectivity index (χ0) is 15.4. The molecule has 0 saturated carbocycles. The van der Waals surface area contributed by atoms with Crippen LogP contribution in [0.1, 0.15) is 0 Å². The molecule has 0 bridgehead atoms. The first kappa shape index (κ1) is 14.9. The average Bonchev–Trinajstić information content (AvgIpc) is 3.17. The number of aliphatic hydroxyl groups excluding tert-OH is 1. The van der Waals surface area contributed by atoms with Crippen LogP contribution in [0.5, 0.6) is 0 Å². The topological polar surface area (TPSA) is 60.2 Å². The van der Waals surface area contributed by atoms with Gasteiger partial charge in [-0.3, -0.25) is 0 Å². The Bertz CT molecular complexity index is 724. The number of nitrogens with zero attached hydrogens (tertiary/aromatic N) is 3. The van der Waals surface area contributed by atoms with Crippen LogP contribution < -0.4 is 0 Å². The minimum absolute atomic E-state index is 0.296. The van der Waals surface area contributed by atoms with E-state index in [2.05, 4.69) is 9.97 Å². The number of rotatable bonds is 6. The second-order valence-corrected chi connectivity index (χ2v) is 5.77. The van der Waals surface area contributed by atoms with Crippen LogP contribution in [-0.2, 0) is 11.3 Å². The number of methoxy groups -OCH3 is 1. The van der Waals surface area contributed by atoms with Gasteiger partial charge in [0, 0.05) is 30.4 Å². The standard InChI is InChI=1S/C16H17N3O2S/c1-21-10-13(20)9-19-8-7-17-15(19)16-18-14(11-22-16)12-5-3-2-4-6-12/h2-8,11,13,20H,9-10H2,1H3. The second-order valence-electron chi connectivity index (χ2n) is 4.92. The van der Waals surface area contributed by atoms with Crippen molar-refractivity contribution in [3.05, 3.63) is 48.1 Å². The van der Waals surface area contributed by atoms with Gasteiger partial charge in [0.1, 0.15) is 0 Å². The summed E-state index contributed by atoms with van der Waals surface area (Å²) in [7, 11) is 1.57. The maximum atomic E-state index is 9.88. The van der Waals surface area contributed by atoms with Crippen LogP contribution in [0.2, 0.25) is 0 Å². The molecule has 2 heterocycles. The van der Waals surface area contributed by atoms with Crippen molar-refractivity contribution in [3.63, 3.8) is 0 Å². The van der Waals surface area contributed by atoms with E-state index in [0.717, 1.165) is 22.1 Å². The van der Waals surface area contributed by atoms with Crippen molar-refractivity contribution in [2.45, 2.75) is 12.6 Å². The van der Waals surface area contributed by atoms with E-state index < -0.39 is 6.10 Å². The van der Waals surface area contributed by atoms with Gasteiger partial charge in [-0.25, -0.2) is 9.97 Å². The van der Waals surface area contributed by atoms with E-state index in [0.29, 0.717) is 13.2 Å². The largest absolute Gasteiger partial charge is 0.389 e. The number of imidazole rings is 1. The maximum absolute atomic E-state index is 9.88. The van der Waals surface area contributed by atoms with Crippen LogP contribution in [0.4, 0.5) is 0 Å². The minimum Gasteiger partial charge on any atom is -0.389 e. The summed E-state index contributed by atoms with van der Waals surface area (Å²) in [6.45, 7) is 0.730. The lowest BCUT2D eigenvalue weighted by molar-refractivity contribution is 0.0539. The van der Waals surface area contributed by atoms with Gasteiger partial charge in [0.15, 0.2) is 10.8 Å². The van der Waals surface area contributed by atoms with Gasteiger partial charge in [-0.2, -0.15) is 0 Å². The Labute approximate surface area is 132 Å². The summed E-state index contributed by atoms with van der Waals surface area (Å²) in [5.41, 5.74) is 2.02. The van der Waals surface area contributed by atoms with E-state index in [1.165, 1.54) is 0 Å². The molecule has 6 heteroatoms. The molecule has 0 spiro atoms. The minimum atomic E-state index is -0.563. The molecule has 1 atom stereocenters. The molecular formula is C16H17N3O2S. The fourth-order valence-electron chi connectivity index (χ4n) is 2.24. The van der Waals surface area contributed by atoms with Crippen LogP contribution in [0.25, 0.3) is 22.1 Å². The highest BCUT2D eigenvalue weighted by Gasteiger charge is 2.14. The van der Waals surface area contributed by atoms with E-state index in [1.54, 1.807) is 24.6 Å². The molecule has 0 amide bonds. The fraction of sp³-hybridized carbons (Fsp3) is 0.250. The molecule has 3 rings (SSSR count). The Balaban J connectivity index is 1.84. The van der Waals surface area contributed by atoms with E-state index in [4.69, 9.17) is 4.74 Å². The molecule has 1 N–H and O–H groups in total. The molecular weight excluding hydrogens is 298 g/mol. The second kappa shape index (κ2) is 6.83. The Kier molecular flexibility index (Phi) is 4.62. The maximum Gasteiger partial charge on any atom is 0.169 e. The van der Waals surface area contributed by atoms with Crippen LogP contribution in [0, 0.1) is 0 Å². The highest BCUT2D eigenvalue weighted by molar-refractivity contribution is 7.13. The van der Waals surface area contributed by atoms with Crippen molar-refractivity contribution in [1.82, 2.24) is 14.5 Å². The fourth-order valence-corrected chi connectivity index (χ4v) is 3.08. The third kappa shape index (κ3) is 3.24. The third-order valence-corrected chi connectivity index (χ3v) is 4.09. The van der Waals surface area contributed by atoms with Crippen LogP contribution >= 0.6 is 11.3 Å². The summed E-state index contributed by atoms with van der Waals surface area (Å²) in [6.07, 6.45) is 3.00. The molecule has 0 aliphatic heterocycles. The molecule has 0 aliphatic carbocycles. The summed E-state index contributed by atoms with van der Waals surface area (Å²) >= 11 is 1.55. The Morgan fingerprint density at radius 1 is 1.32 bits per heavy atom. The summed E-state index contributed by atoms with van der Waals surface area (Å²) in [5, 5.41) is 12.7. The molecule has 0 saturated heterocycles. The third-order valence-electron chi connectivity index (χ3n) is 3.25. The van der Waals surface area contributed by atoms with Gasteiger partial charge in [0.25, 0.3) is 0 Å². The van der Waals surface area contributed by atoms with Gasteiger partial charge in [-0.1, -0.05) is 30.3 Å². The highest BCUT2D eigenvalue weighted by atomic mass is 32.1. The lowest BCUT2D eigenvalue weighted by Gasteiger charge is -2.11. The predicted octanol–water partition coefficient (Wildman–Crippen LogP) is 2.68. The van der Waals surface area contributed by atoms with Crippen molar-refractivity contribution in [1.29, 1.82) is 0 Å². The highest BCUT2D eigenvalue weighted by Crippen LogP contribution is 2.27. The van der Waals surface area contributed by atoms with Crippen LogP contribution in [0.15, 0.2) is 48.1 Å². The van der Waals surface area contributed by atoms with Crippen molar-refractivity contribution >= 4 is 11.3 Å². The van der Waals surface area contributed by atoms with Crippen molar-refractivity contribution in [2.24, 2.45) is 0 Å². The molecule has 5 nitrogen and oxygen atoms in total. The van der Waals surface area contributed by atoms with Gasteiger partial charge < -0.3 is 14.4 Å². The van der Waals surface area contributed by atoms with E-state index in [-0.39, 0.29) is 0 Å². The Morgan fingerprint density at radius 3 is 2.91 bits per heavy atom. The van der Waals surface area contributed by atoms with E-state index >= 15 is 0 Å². The molecule has 2 aromatic heterocycles. The molecule has 1 unspecified atom stereocenters. The van der Waals surface area contributed by atoms with Crippen molar-refractivity contribution < 1.29 is 9.84 Å². The van der Waals surface area contributed by atoms with Gasteiger partial charge in [0.05, 0.1) is 24.9 Å². The number of hydrogen-bond donors (Lipinski definition) is 1. The average molecular weight is 315 g/mol. The molecule has 1 aromatic carbocycles. The van der Waals surface area contributed by atoms with Gasteiger partial charge in [0.2, 0.25) is 0 Å². The smallest absolute Gasteiger partial charge is 0.169 e. The SMILES string of the molecule is COCC(O)Cn1ccnc1-c1nc(-c2ccccc2)cs1. The first-order valence-corrected chi connectivity index (χ1v) is 7.85. The number of hydrogen-bond acceptors (Lipinski definition) is 5. The number of aliphatic hydroxyl groups is 1. The molecule has 22 heavy (non-hydrogen) atoms. The molecule has 0 fully saturated rings. The zero-order valence-corrected chi connectivity index (χ0v) is 13.0. The van der Waals surface area contributed by atoms with Crippen LogP contribution in [0.3, 0.4) is 0 Å². The summed E-state index contributed by atoms with van der Waals surface area (Å²) in [4.78, 5) is 9.02. The first-order valence-electron chi connectivity index (χ1n) is 6.97. The Hall–Kier alpha value is -2.02. The molecule has 3 aromatic rings. The summed E-state index contributed by atoms with van der Waals surface area (Å²) < 4.78 is 6.86. The number of thiazole rings is 1. The number of aromatic nitrogens is 3. The number of ether oxygens (including phenoxy) is 1. The quantitative estimate of drug-likeness (QED) is 0.760. The monoisotopic (exact) mass is 315 g/mol. The van der Waals surface area contributed by atoms with E-state index in [9.17, 15) is 5.11 Å². The van der Waals surface area contributed by atoms with Gasteiger partial charge in [-0.05, 0) is 0 Å². The van der Waals surface area contributed by atoms with Crippen LogP contribution in [-0.4, -0.2) is 39.5 Å². The molecule has 114 valence electrons. The van der Waals surface area contributed by atoms with E-state index in [1.807, 2.05) is 46.5 Å². The van der Waals surface area contributed by atoms with Crippen molar-refractivity contribution in [3.8, 4) is 22.1 Å². The first-order chi connectivity index (χ1) is 10.8. The normalized spacial score (nSPS) is 12.5. The summed E-state index contributed by atoms with van der Waals surface area (Å²) in [5.74, 6) is 0.766. The predicted molar refractivity (Wildman–Crippen MR) is 86.7 cm³/mol. The van der Waals surface area contributed by atoms with Crippen molar-refractivity contribution in [2.75, 3.05) is 13.7 Å². The molecule has 0 radical (unpaired) electrons. The van der Waals surface area contributed by atoms with Gasteiger partial charge >= 0.3 is 0 Å².